The topological polar surface area (TPSA) is 63.6 Å². The lowest BCUT2D eigenvalue weighted by Gasteiger charge is -1.96. The van der Waals surface area contributed by atoms with Gasteiger partial charge in [-0.15, -0.1) is 0 Å². The highest BCUT2D eigenvalue weighted by atomic mass is 16.5. The Morgan fingerprint density at radius 3 is 2.43 bits per heavy atom. The van der Waals surface area contributed by atoms with Gasteiger partial charge in [0.1, 0.15) is 5.75 Å². The van der Waals surface area contributed by atoms with Crippen LogP contribution in [0.25, 0.3) is 6.08 Å². The minimum absolute atomic E-state index is 0.335. The van der Waals surface area contributed by atoms with E-state index in [-0.39, 0.29) is 0 Å². The van der Waals surface area contributed by atoms with Gasteiger partial charge in [-0.1, -0.05) is 12.1 Å². The number of carboxylic acid groups (broad SMARTS) is 1. The van der Waals surface area contributed by atoms with Crippen LogP contribution in [0.4, 0.5) is 0 Å². The highest BCUT2D eigenvalue weighted by molar-refractivity contribution is 5.85. The van der Waals surface area contributed by atoms with Crippen LogP contribution in [0.2, 0.25) is 0 Å². The van der Waals surface area contributed by atoms with E-state index >= 15 is 0 Å². The first-order valence-corrected chi connectivity index (χ1v) is 3.84. The predicted molar refractivity (Wildman–Crippen MR) is 49.8 cm³/mol. The second-order valence-electron chi connectivity index (χ2n) is 2.45. The minimum Gasteiger partial charge on any atom is -0.478 e. The average Bonchev–Trinajstić information content (AvgIpc) is 2.17. The van der Waals surface area contributed by atoms with Crippen molar-refractivity contribution in [1.82, 2.24) is 0 Å². The highest BCUT2D eigenvalue weighted by Crippen LogP contribution is 2.12. The quantitative estimate of drug-likeness (QED) is 0.577. The lowest BCUT2D eigenvalue weighted by atomic mass is 10.2. The van der Waals surface area contributed by atoms with Gasteiger partial charge in [-0.3, -0.25) is 4.79 Å². The molecule has 0 amide bonds. The standard InChI is InChI=1S/C10H8O4/c11-7-14-9-4-1-8(2-5-9)3-6-10(12)13/h1-7H,(H,12,13). The Labute approximate surface area is 80.4 Å². The summed E-state index contributed by atoms with van der Waals surface area (Å²) < 4.78 is 4.57. The zero-order valence-electron chi connectivity index (χ0n) is 7.21. The van der Waals surface area contributed by atoms with E-state index in [0.29, 0.717) is 12.2 Å². The van der Waals surface area contributed by atoms with E-state index < -0.39 is 5.97 Å². The Balaban J connectivity index is 2.73. The molecule has 0 aromatic heterocycles. The zero-order chi connectivity index (χ0) is 10.4. The fraction of sp³-hybridized carbons (Fsp3) is 0. The Kier molecular flexibility index (Phi) is 3.43. The molecule has 1 aromatic carbocycles. The van der Waals surface area contributed by atoms with Gasteiger partial charge in [0.15, 0.2) is 0 Å². The monoisotopic (exact) mass is 192 g/mol. The van der Waals surface area contributed by atoms with Crippen molar-refractivity contribution in [2.45, 2.75) is 0 Å². The van der Waals surface area contributed by atoms with Crippen molar-refractivity contribution >= 4 is 18.5 Å². The number of hydrogen-bond acceptors (Lipinski definition) is 3. The summed E-state index contributed by atoms with van der Waals surface area (Å²) in [4.78, 5) is 20.1. The molecule has 0 heterocycles. The number of benzene rings is 1. The first kappa shape index (κ1) is 9.98. The van der Waals surface area contributed by atoms with Crippen LogP contribution in [-0.2, 0) is 9.59 Å². The molecule has 1 aromatic rings. The molecular formula is C10H8O4. The predicted octanol–water partition coefficient (Wildman–Crippen LogP) is 1.32. The van der Waals surface area contributed by atoms with Crippen molar-refractivity contribution < 1.29 is 19.4 Å². The third kappa shape index (κ3) is 3.10. The maximum Gasteiger partial charge on any atom is 0.328 e. The van der Waals surface area contributed by atoms with Crippen molar-refractivity contribution in [2.75, 3.05) is 0 Å². The van der Waals surface area contributed by atoms with Crippen LogP contribution in [0.15, 0.2) is 30.3 Å². The fourth-order valence-electron chi connectivity index (χ4n) is 0.881. The molecule has 72 valence electrons. The van der Waals surface area contributed by atoms with Gasteiger partial charge in [0.2, 0.25) is 0 Å². The van der Waals surface area contributed by atoms with Crippen molar-refractivity contribution in [3.8, 4) is 5.75 Å². The molecule has 1 rings (SSSR count). The SMILES string of the molecule is O=COc1ccc(C=CC(=O)O)cc1. The highest BCUT2D eigenvalue weighted by Gasteiger charge is 1.92. The van der Waals surface area contributed by atoms with Crippen LogP contribution in [0.3, 0.4) is 0 Å². The third-order valence-electron chi connectivity index (χ3n) is 1.48. The molecule has 0 bridgehead atoms. The summed E-state index contributed by atoms with van der Waals surface area (Å²) in [6.45, 7) is 0.335. The van der Waals surface area contributed by atoms with E-state index in [9.17, 15) is 9.59 Å². The molecular weight excluding hydrogens is 184 g/mol. The van der Waals surface area contributed by atoms with E-state index in [0.717, 1.165) is 11.6 Å². The molecule has 4 heteroatoms. The van der Waals surface area contributed by atoms with Crippen LogP contribution in [-0.4, -0.2) is 17.5 Å². The number of rotatable bonds is 4. The molecule has 0 aliphatic rings. The Hall–Kier alpha value is -2.10. The van der Waals surface area contributed by atoms with Gasteiger partial charge in [-0.05, 0) is 23.8 Å². The molecule has 0 spiro atoms. The van der Waals surface area contributed by atoms with Gasteiger partial charge < -0.3 is 9.84 Å². The van der Waals surface area contributed by atoms with Crippen LogP contribution in [0.5, 0.6) is 5.75 Å². The minimum atomic E-state index is -1.00. The van der Waals surface area contributed by atoms with Gasteiger partial charge >= 0.3 is 5.97 Å². The first-order chi connectivity index (χ1) is 6.72. The number of ether oxygens (including phenoxy) is 1. The summed E-state index contributed by atoms with van der Waals surface area (Å²) in [5.41, 5.74) is 0.727. The molecule has 14 heavy (non-hydrogen) atoms. The molecule has 4 nitrogen and oxygen atoms in total. The molecule has 0 aliphatic carbocycles. The summed E-state index contributed by atoms with van der Waals surface area (Å²) >= 11 is 0. The number of carbonyl (C=O) groups is 2. The Bertz CT molecular complexity index is 351. The second kappa shape index (κ2) is 4.81. The van der Waals surface area contributed by atoms with E-state index in [1.165, 1.54) is 6.08 Å². The van der Waals surface area contributed by atoms with Crippen LogP contribution >= 0.6 is 0 Å². The molecule has 1 N–H and O–H groups in total. The smallest absolute Gasteiger partial charge is 0.328 e. The molecule has 0 saturated heterocycles. The second-order valence-corrected chi connectivity index (χ2v) is 2.45. The largest absolute Gasteiger partial charge is 0.478 e. The van der Waals surface area contributed by atoms with Crippen LogP contribution in [0, 0.1) is 0 Å². The van der Waals surface area contributed by atoms with Crippen molar-refractivity contribution in [3.05, 3.63) is 35.9 Å². The van der Waals surface area contributed by atoms with Crippen molar-refractivity contribution in [2.24, 2.45) is 0 Å². The van der Waals surface area contributed by atoms with Gasteiger partial charge in [-0.2, -0.15) is 0 Å². The van der Waals surface area contributed by atoms with E-state index in [1.54, 1.807) is 24.3 Å². The normalized spacial score (nSPS) is 10.0. The molecule has 0 unspecified atom stereocenters. The molecule has 0 atom stereocenters. The van der Waals surface area contributed by atoms with Gasteiger partial charge in [0.05, 0.1) is 0 Å². The number of carbonyl (C=O) groups excluding carboxylic acids is 1. The summed E-state index contributed by atoms with van der Waals surface area (Å²) in [5.74, 6) is -0.578. The molecule has 0 radical (unpaired) electrons. The maximum absolute atomic E-state index is 10.2. The lowest BCUT2D eigenvalue weighted by molar-refractivity contribution is -0.131. The summed E-state index contributed by atoms with van der Waals surface area (Å²) in [6.07, 6.45) is 2.49. The average molecular weight is 192 g/mol. The number of carboxylic acids is 1. The number of hydrogen-bond donors (Lipinski definition) is 1. The molecule has 0 fully saturated rings. The van der Waals surface area contributed by atoms with Crippen LogP contribution in [0.1, 0.15) is 5.56 Å². The van der Waals surface area contributed by atoms with Crippen LogP contribution < -0.4 is 4.74 Å². The van der Waals surface area contributed by atoms with Crippen molar-refractivity contribution in [1.29, 1.82) is 0 Å². The zero-order valence-corrected chi connectivity index (χ0v) is 7.21. The van der Waals surface area contributed by atoms with E-state index in [1.807, 2.05) is 0 Å². The van der Waals surface area contributed by atoms with Gasteiger partial charge in [0.25, 0.3) is 6.47 Å². The first-order valence-electron chi connectivity index (χ1n) is 3.84. The maximum atomic E-state index is 10.2. The fourth-order valence-corrected chi connectivity index (χ4v) is 0.881. The summed E-state index contributed by atoms with van der Waals surface area (Å²) in [6, 6.07) is 6.46. The Morgan fingerprint density at radius 1 is 1.29 bits per heavy atom. The van der Waals surface area contributed by atoms with Crippen molar-refractivity contribution in [3.63, 3.8) is 0 Å². The lowest BCUT2D eigenvalue weighted by Crippen LogP contribution is -1.88. The van der Waals surface area contributed by atoms with E-state index in [2.05, 4.69) is 4.74 Å². The third-order valence-corrected chi connectivity index (χ3v) is 1.48. The summed E-state index contributed by atoms with van der Waals surface area (Å²) in [7, 11) is 0. The van der Waals surface area contributed by atoms with Gasteiger partial charge in [-0.25, -0.2) is 4.79 Å². The number of aliphatic carboxylic acids is 1. The molecule has 0 saturated carbocycles. The van der Waals surface area contributed by atoms with Gasteiger partial charge in [0, 0.05) is 6.08 Å². The molecule has 0 aliphatic heterocycles. The van der Waals surface area contributed by atoms with E-state index in [4.69, 9.17) is 5.11 Å². The summed E-state index contributed by atoms with van der Waals surface area (Å²) in [5, 5.41) is 8.36. The Morgan fingerprint density at radius 2 is 1.93 bits per heavy atom.